The predicted octanol–water partition coefficient (Wildman–Crippen LogP) is 1.99. The van der Waals surface area contributed by atoms with Gasteiger partial charge in [-0.1, -0.05) is 20.3 Å². The second kappa shape index (κ2) is 6.62. The maximum atomic E-state index is 4.18. The molecule has 0 aliphatic rings. The van der Waals surface area contributed by atoms with Crippen LogP contribution in [-0.2, 0) is 13.5 Å². The summed E-state index contributed by atoms with van der Waals surface area (Å²) in [5, 5.41) is 7.61. The van der Waals surface area contributed by atoms with Crippen molar-refractivity contribution in [2.75, 3.05) is 13.1 Å². The molecule has 0 bridgehead atoms. The fourth-order valence-corrected chi connectivity index (χ4v) is 1.80. The molecular formula is C12H23N3. The molecule has 0 aromatic carbocycles. The Morgan fingerprint density at radius 1 is 1.47 bits per heavy atom. The molecule has 1 unspecified atom stereocenters. The van der Waals surface area contributed by atoms with Crippen molar-refractivity contribution in [3.8, 4) is 0 Å². The molecule has 86 valence electrons. The molecule has 3 nitrogen and oxygen atoms in total. The Bertz CT molecular complexity index is 268. The molecule has 0 aliphatic carbocycles. The number of nitrogens with zero attached hydrogens (tertiary/aromatic N) is 2. The number of nitrogens with one attached hydrogen (secondary N) is 1. The van der Waals surface area contributed by atoms with Crippen LogP contribution in [0.1, 0.15) is 32.4 Å². The Kier molecular flexibility index (Phi) is 5.40. The third-order valence-electron chi connectivity index (χ3n) is 2.99. The van der Waals surface area contributed by atoms with Crippen LogP contribution in [0.15, 0.2) is 12.3 Å². The lowest BCUT2D eigenvalue weighted by Crippen LogP contribution is -2.22. The first-order valence-corrected chi connectivity index (χ1v) is 5.95. The molecule has 0 amide bonds. The minimum atomic E-state index is 0.792. The van der Waals surface area contributed by atoms with Gasteiger partial charge in [-0.25, -0.2) is 0 Å². The van der Waals surface area contributed by atoms with Gasteiger partial charge in [0.1, 0.15) is 0 Å². The SMILES string of the molecule is CCNCC(CC)CCc1ccnn1C. The fourth-order valence-electron chi connectivity index (χ4n) is 1.80. The maximum absolute atomic E-state index is 4.18. The second-order valence-electron chi connectivity index (χ2n) is 4.07. The van der Waals surface area contributed by atoms with Crippen LogP contribution in [-0.4, -0.2) is 22.9 Å². The van der Waals surface area contributed by atoms with E-state index in [1.165, 1.54) is 18.5 Å². The van der Waals surface area contributed by atoms with Gasteiger partial charge in [-0.3, -0.25) is 4.68 Å². The van der Waals surface area contributed by atoms with E-state index in [1.54, 1.807) is 0 Å². The topological polar surface area (TPSA) is 29.9 Å². The highest BCUT2D eigenvalue weighted by atomic mass is 15.2. The van der Waals surface area contributed by atoms with Gasteiger partial charge in [-0.2, -0.15) is 5.10 Å². The summed E-state index contributed by atoms with van der Waals surface area (Å²) >= 11 is 0. The molecule has 1 aromatic rings. The molecule has 3 heteroatoms. The number of hydrogen-bond donors (Lipinski definition) is 1. The van der Waals surface area contributed by atoms with E-state index in [0.29, 0.717) is 0 Å². The predicted molar refractivity (Wildman–Crippen MR) is 63.9 cm³/mol. The maximum Gasteiger partial charge on any atom is 0.0492 e. The highest BCUT2D eigenvalue weighted by Crippen LogP contribution is 2.11. The molecule has 0 saturated heterocycles. The molecule has 1 aromatic heterocycles. The molecule has 1 atom stereocenters. The van der Waals surface area contributed by atoms with E-state index in [4.69, 9.17) is 0 Å². The largest absolute Gasteiger partial charge is 0.317 e. The van der Waals surface area contributed by atoms with E-state index in [-0.39, 0.29) is 0 Å². The summed E-state index contributed by atoms with van der Waals surface area (Å²) in [4.78, 5) is 0. The first-order valence-electron chi connectivity index (χ1n) is 5.95. The average Bonchev–Trinajstić information content (AvgIpc) is 2.65. The second-order valence-corrected chi connectivity index (χ2v) is 4.07. The summed E-state index contributed by atoms with van der Waals surface area (Å²) in [6.07, 6.45) is 5.52. The van der Waals surface area contributed by atoms with Gasteiger partial charge in [-0.15, -0.1) is 0 Å². The molecule has 1 N–H and O–H groups in total. The zero-order valence-corrected chi connectivity index (χ0v) is 10.2. The molecule has 1 heterocycles. The van der Waals surface area contributed by atoms with Crippen molar-refractivity contribution in [1.29, 1.82) is 0 Å². The summed E-state index contributed by atoms with van der Waals surface area (Å²) in [5.41, 5.74) is 1.34. The fraction of sp³-hybridized carbons (Fsp3) is 0.750. The van der Waals surface area contributed by atoms with Gasteiger partial charge in [0.2, 0.25) is 0 Å². The highest BCUT2D eigenvalue weighted by molar-refractivity contribution is 4.99. The first kappa shape index (κ1) is 12.2. The van der Waals surface area contributed by atoms with Crippen molar-refractivity contribution in [2.24, 2.45) is 13.0 Å². The minimum Gasteiger partial charge on any atom is -0.317 e. The number of aryl methyl sites for hydroxylation is 2. The third-order valence-corrected chi connectivity index (χ3v) is 2.99. The molecule has 1 rings (SSSR count). The van der Waals surface area contributed by atoms with Crippen molar-refractivity contribution in [2.45, 2.75) is 33.1 Å². The van der Waals surface area contributed by atoms with Crippen LogP contribution in [0.4, 0.5) is 0 Å². The number of aromatic nitrogens is 2. The minimum absolute atomic E-state index is 0.792. The van der Waals surface area contributed by atoms with Gasteiger partial charge in [-0.05, 0) is 37.9 Å². The third kappa shape index (κ3) is 4.04. The van der Waals surface area contributed by atoms with Gasteiger partial charge in [0.15, 0.2) is 0 Å². The molecule has 0 aliphatic heterocycles. The standard InChI is InChI=1S/C12H23N3/c1-4-11(10-13-5-2)6-7-12-8-9-14-15(12)3/h8-9,11,13H,4-7,10H2,1-3H3. The van der Waals surface area contributed by atoms with E-state index >= 15 is 0 Å². The zero-order valence-electron chi connectivity index (χ0n) is 10.2. The lowest BCUT2D eigenvalue weighted by Gasteiger charge is -2.14. The zero-order chi connectivity index (χ0) is 11.1. The Morgan fingerprint density at radius 2 is 2.27 bits per heavy atom. The summed E-state index contributed by atoms with van der Waals surface area (Å²) in [6.45, 7) is 6.64. The van der Waals surface area contributed by atoms with Crippen LogP contribution in [0.2, 0.25) is 0 Å². The van der Waals surface area contributed by atoms with E-state index in [9.17, 15) is 0 Å². The van der Waals surface area contributed by atoms with Gasteiger partial charge in [0.25, 0.3) is 0 Å². The van der Waals surface area contributed by atoms with Crippen molar-refractivity contribution >= 4 is 0 Å². The van der Waals surface area contributed by atoms with Crippen LogP contribution in [0.5, 0.6) is 0 Å². The van der Waals surface area contributed by atoms with Crippen molar-refractivity contribution in [1.82, 2.24) is 15.1 Å². The van der Waals surface area contributed by atoms with Crippen molar-refractivity contribution < 1.29 is 0 Å². The number of hydrogen-bond acceptors (Lipinski definition) is 2. The van der Waals surface area contributed by atoms with Crippen molar-refractivity contribution in [3.63, 3.8) is 0 Å². The Morgan fingerprint density at radius 3 is 2.80 bits per heavy atom. The highest BCUT2D eigenvalue weighted by Gasteiger charge is 2.07. The average molecular weight is 209 g/mol. The van der Waals surface area contributed by atoms with E-state index < -0.39 is 0 Å². The lowest BCUT2D eigenvalue weighted by atomic mass is 9.99. The Hall–Kier alpha value is -0.830. The summed E-state index contributed by atoms with van der Waals surface area (Å²) in [6, 6.07) is 2.11. The molecule has 15 heavy (non-hydrogen) atoms. The lowest BCUT2D eigenvalue weighted by molar-refractivity contribution is 0.434. The van der Waals surface area contributed by atoms with Crippen LogP contribution in [0.3, 0.4) is 0 Å². The quantitative estimate of drug-likeness (QED) is 0.744. The summed E-state index contributed by atoms with van der Waals surface area (Å²) < 4.78 is 1.97. The summed E-state index contributed by atoms with van der Waals surface area (Å²) in [7, 11) is 2.01. The van der Waals surface area contributed by atoms with Gasteiger partial charge in [0, 0.05) is 18.9 Å². The normalized spacial score (nSPS) is 13.0. The van der Waals surface area contributed by atoms with Crippen molar-refractivity contribution in [3.05, 3.63) is 18.0 Å². The van der Waals surface area contributed by atoms with E-state index in [2.05, 4.69) is 30.3 Å². The molecule has 0 fully saturated rings. The van der Waals surface area contributed by atoms with Gasteiger partial charge >= 0.3 is 0 Å². The van der Waals surface area contributed by atoms with Crippen LogP contribution < -0.4 is 5.32 Å². The Balaban J connectivity index is 2.31. The van der Waals surface area contributed by atoms with Crippen LogP contribution >= 0.6 is 0 Å². The van der Waals surface area contributed by atoms with Crippen LogP contribution in [0, 0.1) is 5.92 Å². The summed E-state index contributed by atoms with van der Waals surface area (Å²) in [5.74, 6) is 0.792. The molecule has 0 saturated carbocycles. The van der Waals surface area contributed by atoms with Crippen LogP contribution in [0.25, 0.3) is 0 Å². The number of rotatable bonds is 7. The molecular weight excluding hydrogens is 186 g/mol. The van der Waals surface area contributed by atoms with Gasteiger partial charge in [0.05, 0.1) is 0 Å². The molecule has 0 radical (unpaired) electrons. The van der Waals surface area contributed by atoms with E-state index in [1.807, 2.05) is 17.9 Å². The first-order chi connectivity index (χ1) is 7.27. The van der Waals surface area contributed by atoms with E-state index in [0.717, 1.165) is 25.4 Å². The van der Waals surface area contributed by atoms with Gasteiger partial charge < -0.3 is 5.32 Å². The molecule has 0 spiro atoms. The monoisotopic (exact) mass is 209 g/mol. The smallest absolute Gasteiger partial charge is 0.0492 e. The Labute approximate surface area is 92.9 Å².